The molecule has 4 aromatic rings. The lowest BCUT2D eigenvalue weighted by Gasteiger charge is -2.26. The number of anilines is 8. The van der Waals surface area contributed by atoms with Crippen molar-refractivity contribution in [2.24, 2.45) is 0 Å². The monoisotopic (exact) mass is 538 g/mol. The smallest absolute Gasteiger partial charge is 0.136 e. The van der Waals surface area contributed by atoms with Crippen LogP contribution < -0.4 is 29.4 Å². The van der Waals surface area contributed by atoms with Crippen LogP contribution in [0.3, 0.4) is 0 Å². The zero-order valence-corrected chi connectivity index (χ0v) is 25.1. The first kappa shape index (κ1) is 27.0. The minimum atomic E-state index is 0.773. The molecular formula is C30H38N10. The highest BCUT2D eigenvalue weighted by atomic mass is 15.2. The summed E-state index contributed by atoms with van der Waals surface area (Å²) in [6, 6.07) is 16.6. The molecule has 10 heteroatoms. The second-order valence-electron chi connectivity index (χ2n) is 11.0. The fourth-order valence-corrected chi connectivity index (χ4v) is 4.49. The number of nitrogens with zero attached hydrogens (tertiary/aromatic N) is 10. The highest BCUT2D eigenvalue weighted by Crippen LogP contribution is 2.37. The van der Waals surface area contributed by atoms with Gasteiger partial charge in [-0.05, 0) is 24.3 Å². The SMILES string of the molecule is CN(C)c1cc2nc(c1)N(C)c1cc(N(C)C)cc(n1)-c1cc(N(C)C)cc(n1)N(C)c1cc(N(C)C)cc-2n1. The maximum Gasteiger partial charge on any atom is 0.136 e. The summed E-state index contributed by atoms with van der Waals surface area (Å²) >= 11 is 0. The van der Waals surface area contributed by atoms with Gasteiger partial charge in [-0.15, -0.1) is 0 Å². The molecule has 1 aliphatic heterocycles. The van der Waals surface area contributed by atoms with E-state index < -0.39 is 0 Å². The number of hydrogen-bond donors (Lipinski definition) is 0. The molecule has 0 fully saturated rings. The predicted octanol–water partition coefficient (Wildman–Crippen LogP) is 4.71. The molecule has 40 heavy (non-hydrogen) atoms. The van der Waals surface area contributed by atoms with Crippen molar-refractivity contribution >= 4 is 46.0 Å². The van der Waals surface area contributed by atoms with Gasteiger partial charge in [0.25, 0.3) is 0 Å². The quantitative estimate of drug-likeness (QED) is 0.365. The van der Waals surface area contributed by atoms with Crippen LogP contribution in [0.5, 0.6) is 0 Å². The molecule has 8 bridgehead atoms. The van der Waals surface area contributed by atoms with Crippen molar-refractivity contribution in [2.75, 3.05) is 99.9 Å². The molecule has 0 atom stereocenters. The van der Waals surface area contributed by atoms with Gasteiger partial charge in [-0.2, -0.15) is 0 Å². The Balaban J connectivity index is 1.89. The fraction of sp³-hybridized carbons (Fsp3) is 0.333. The van der Waals surface area contributed by atoms with E-state index in [9.17, 15) is 0 Å². The van der Waals surface area contributed by atoms with Gasteiger partial charge in [-0.3, -0.25) is 0 Å². The van der Waals surface area contributed by atoms with Gasteiger partial charge in [-0.1, -0.05) is 0 Å². The van der Waals surface area contributed by atoms with Crippen LogP contribution in [0.2, 0.25) is 0 Å². The van der Waals surface area contributed by atoms with Gasteiger partial charge in [-0.25, -0.2) is 19.9 Å². The summed E-state index contributed by atoms with van der Waals surface area (Å²) in [6.07, 6.45) is 0. The van der Waals surface area contributed by atoms with E-state index in [2.05, 4.69) is 68.1 Å². The molecule has 5 heterocycles. The fourth-order valence-electron chi connectivity index (χ4n) is 4.49. The first-order valence-corrected chi connectivity index (χ1v) is 13.2. The Bertz CT molecular complexity index is 1330. The first-order chi connectivity index (χ1) is 18.9. The molecule has 0 unspecified atom stereocenters. The Morgan fingerprint density at radius 2 is 0.575 bits per heavy atom. The van der Waals surface area contributed by atoms with E-state index in [4.69, 9.17) is 19.9 Å². The second kappa shape index (κ2) is 10.2. The maximum absolute atomic E-state index is 5.10. The molecule has 0 spiro atoms. The third-order valence-corrected chi connectivity index (χ3v) is 7.15. The van der Waals surface area contributed by atoms with Crippen LogP contribution >= 0.6 is 0 Å². The van der Waals surface area contributed by atoms with Crippen LogP contribution in [0, 0.1) is 0 Å². The average molecular weight is 539 g/mol. The van der Waals surface area contributed by atoms with Crippen molar-refractivity contribution in [1.82, 2.24) is 19.9 Å². The Morgan fingerprint density at radius 1 is 0.375 bits per heavy atom. The minimum absolute atomic E-state index is 0.773. The van der Waals surface area contributed by atoms with Gasteiger partial charge in [0.05, 0.1) is 22.8 Å². The number of fused-ring (bicyclic) bond motifs is 10. The molecule has 0 saturated carbocycles. The van der Waals surface area contributed by atoms with Gasteiger partial charge in [0, 0.05) is 117 Å². The molecule has 0 amide bonds. The standard InChI is InChI=1S/C30H38N10/c1-35(2)19-11-23-24-12-20(36(3)4)17-29(32-24)40(10)30-18-22(38(7)8)14-26(34-30)25-13-21(37(5)6)16-28(33-25)39(9)27(15-19)31-23/h11-18H,1-10H3. The van der Waals surface area contributed by atoms with E-state index in [1.165, 1.54) is 0 Å². The van der Waals surface area contributed by atoms with E-state index in [1.54, 1.807) is 0 Å². The Labute approximate surface area is 237 Å². The highest BCUT2D eigenvalue weighted by Gasteiger charge is 2.21. The number of hydrogen-bond acceptors (Lipinski definition) is 10. The minimum Gasteiger partial charge on any atom is -0.377 e. The van der Waals surface area contributed by atoms with Crippen molar-refractivity contribution in [3.63, 3.8) is 0 Å². The lowest BCUT2D eigenvalue weighted by Crippen LogP contribution is -2.19. The summed E-state index contributed by atoms with van der Waals surface area (Å²) in [5.41, 5.74) is 7.22. The lowest BCUT2D eigenvalue weighted by atomic mass is 10.1. The molecular weight excluding hydrogens is 500 g/mol. The summed E-state index contributed by atoms with van der Waals surface area (Å²) in [4.78, 5) is 32.8. The molecule has 208 valence electrons. The van der Waals surface area contributed by atoms with E-state index in [1.807, 2.05) is 80.3 Å². The topological polar surface area (TPSA) is 71.0 Å². The first-order valence-electron chi connectivity index (χ1n) is 13.2. The van der Waals surface area contributed by atoms with Gasteiger partial charge in [0.1, 0.15) is 23.3 Å². The maximum atomic E-state index is 5.10. The normalized spacial score (nSPS) is 12.2. The average Bonchev–Trinajstić information content (AvgIpc) is 2.94. The van der Waals surface area contributed by atoms with E-state index in [0.717, 1.165) is 68.8 Å². The Kier molecular flexibility index (Phi) is 6.87. The van der Waals surface area contributed by atoms with Crippen molar-refractivity contribution in [1.29, 1.82) is 0 Å². The molecule has 0 radical (unpaired) electrons. The number of rotatable bonds is 4. The molecule has 0 saturated heterocycles. The van der Waals surface area contributed by atoms with Crippen molar-refractivity contribution in [2.45, 2.75) is 0 Å². The molecule has 0 N–H and O–H groups in total. The molecule has 0 aliphatic carbocycles. The molecule has 5 rings (SSSR count). The Hall–Kier alpha value is -4.60. The lowest BCUT2D eigenvalue weighted by molar-refractivity contribution is 1.02. The van der Waals surface area contributed by atoms with E-state index >= 15 is 0 Å². The second-order valence-corrected chi connectivity index (χ2v) is 11.0. The highest BCUT2D eigenvalue weighted by molar-refractivity contribution is 5.78. The largest absolute Gasteiger partial charge is 0.377 e. The molecule has 4 aromatic heterocycles. The summed E-state index contributed by atoms with van der Waals surface area (Å²) in [6.45, 7) is 0. The van der Waals surface area contributed by atoms with Gasteiger partial charge < -0.3 is 29.4 Å². The van der Waals surface area contributed by atoms with Crippen molar-refractivity contribution in [3.8, 4) is 22.8 Å². The number of pyridine rings is 4. The third-order valence-electron chi connectivity index (χ3n) is 7.15. The molecule has 0 aromatic carbocycles. The number of aromatic nitrogens is 4. The Morgan fingerprint density at radius 3 is 0.750 bits per heavy atom. The summed E-state index contributed by atoms with van der Waals surface area (Å²) in [5, 5.41) is 0. The van der Waals surface area contributed by atoms with Crippen LogP contribution in [0.4, 0.5) is 46.0 Å². The third kappa shape index (κ3) is 5.04. The zero-order chi connectivity index (χ0) is 28.9. The van der Waals surface area contributed by atoms with E-state index in [-0.39, 0.29) is 0 Å². The van der Waals surface area contributed by atoms with Gasteiger partial charge >= 0.3 is 0 Å². The zero-order valence-electron chi connectivity index (χ0n) is 25.1. The van der Waals surface area contributed by atoms with E-state index in [0.29, 0.717) is 0 Å². The van der Waals surface area contributed by atoms with Crippen LogP contribution in [-0.2, 0) is 0 Å². The van der Waals surface area contributed by atoms with Crippen LogP contribution in [0.25, 0.3) is 22.8 Å². The van der Waals surface area contributed by atoms with Crippen molar-refractivity contribution < 1.29 is 0 Å². The van der Waals surface area contributed by atoms with Crippen LogP contribution in [0.15, 0.2) is 48.5 Å². The van der Waals surface area contributed by atoms with Gasteiger partial charge in [0.2, 0.25) is 0 Å². The summed E-state index contributed by atoms with van der Waals surface area (Å²) in [5.74, 6) is 3.09. The predicted molar refractivity (Wildman–Crippen MR) is 168 cm³/mol. The van der Waals surface area contributed by atoms with Crippen LogP contribution in [-0.4, -0.2) is 90.4 Å². The molecule has 10 nitrogen and oxygen atoms in total. The molecule has 1 aliphatic rings. The summed E-state index contributed by atoms with van der Waals surface area (Å²) < 4.78 is 0. The van der Waals surface area contributed by atoms with Crippen LogP contribution in [0.1, 0.15) is 0 Å². The summed E-state index contributed by atoms with van der Waals surface area (Å²) in [7, 11) is 20.3. The van der Waals surface area contributed by atoms with Gasteiger partial charge in [0.15, 0.2) is 0 Å². The van der Waals surface area contributed by atoms with Crippen molar-refractivity contribution in [3.05, 3.63) is 48.5 Å².